The molecule has 1 heterocycles. The van der Waals surface area contributed by atoms with Crippen LogP contribution in [0.4, 0.5) is 51.2 Å². The van der Waals surface area contributed by atoms with Crippen molar-refractivity contribution in [3.8, 4) is 5.69 Å². The molecule has 0 fully saturated rings. The third-order valence-electron chi connectivity index (χ3n) is 14.3. The van der Waals surface area contributed by atoms with Crippen molar-refractivity contribution in [2.75, 3.05) is 14.7 Å². The normalized spacial score (nSPS) is 11.5. The third kappa shape index (κ3) is 8.09. The predicted octanol–water partition coefficient (Wildman–Crippen LogP) is 19.6. The molecule has 0 N–H and O–H groups in total. The Bertz CT molecular complexity index is 4050. The molecule has 0 saturated carbocycles. The van der Waals surface area contributed by atoms with Gasteiger partial charge >= 0.3 is 0 Å². The Morgan fingerprint density at radius 3 is 0.904 bits per heavy atom. The maximum atomic E-state index is 2.45. The molecular weight excluding hydrogens is 885 g/mol. The van der Waals surface area contributed by atoms with E-state index < -0.39 is 0 Å². The Hall–Kier alpha value is -9.38. The molecule has 13 aromatic rings. The van der Waals surface area contributed by atoms with Crippen molar-refractivity contribution in [1.82, 2.24) is 4.57 Å². The number of anilines is 9. The molecule has 0 unspecified atom stereocenters. The summed E-state index contributed by atoms with van der Waals surface area (Å²) in [5.74, 6) is 0. The number of nitrogens with zero attached hydrogens (tertiary/aromatic N) is 4. The predicted molar refractivity (Wildman–Crippen MR) is 312 cm³/mol. The lowest BCUT2D eigenvalue weighted by molar-refractivity contribution is 1.17. The van der Waals surface area contributed by atoms with Gasteiger partial charge in [0, 0.05) is 67.6 Å². The fourth-order valence-corrected chi connectivity index (χ4v) is 10.9. The second kappa shape index (κ2) is 18.1. The molecule has 73 heavy (non-hydrogen) atoms. The quantitative estimate of drug-likeness (QED) is 0.136. The summed E-state index contributed by atoms with van der Waals surface area (Å²) in [6.45, 7) is 6.51. The minimum atomic E-state index is 1.07. The third-order valence-corrected chi connectivity index (χ3v) is 14.3. The fourth-order valence-electron chi connectivity index (χ4n) is 10.9. The first-order chi connectivity index (χ1) is 35.9. The van der Waals surface area contributed by atoms with E-state index in [9.17, 15) is 0 Å². The van der Waals surface area contributed by atoms with Gasteiger partial charge in [-0.3, -0.25) is 0 Å². The number of aromatic nitrogens is 1. The number of benzene rings is 12. The highest BCUT2D eigenvalue weighted by Crippen LogP contribution is 2.45. The van der Waals surface area contributed by atoms with Crippen molar-refractivity contribution >= 4 is 105 Å². The summed E-state index contributed by atoms with van der Waals surface area (Å²) in [7, 11) is 0. The van der Waals surface area contributed by atoms with Crippen molar-refractivity contribution in [2.45, 2.75) is 20.8 Å². The van der Waals surface area contributed by atoms with Crippen LogP contribution < -0.4 is 14.7 Å². The molecule has 0 bridgehead atoms. The molecule has 0 amide bonds. The number of fused-ring (bicyclic) bond motifs is 6. The summed E-state index contributed by atoms with van der Waals surface area (Å²) in [4.78, 5) is 7.20. The summed E-state index contributed by atoms with van der Waals surface area (Å²) >= 11 is 0. The molecule has 348 valence electrons. The van der Waals surface area contributed by atoms with Gasteiger partial charge < -0.3 is 19.3 Å². The minimum absolute atomic E-state index is 1.07. The highest BCUT2D eigenvalue weighted by Gasteiger charge is 2.22. The van der Waals surface area contributed by atoms with Crippen molar-refractivity contribution in [2.24, 2.45) is 0 Å². The van der Waals surface area contributed by atoms with E-state index in [2.05, 4.69) is 301 Å². The van der Waals surface area contributed by atoms with Gasteiger partial charge in [0.05, 0.1) is 11.0 Å². The molecule has 0 atom stereocenters. The van der Waals surface area contributed by atoms with Crippen LogP contribution in [0.25, 0.3) is 59.8 Å². The number of rotatable bonds is 10. The van der Waals surface area contributed by atoms with E-state index in [1.165, 1.54) is 49.0 Å². The van der Waals surface area contributed by atoms with Gasteiger partial charge in [-0.25, -0.2) is 0 Å². The molecule has 0 aliphatic heterocycles. The maximum Gasteiger partial charge on any atom is 0.0542 e. The average Bonchev–Trinajstić information content (AvgIpc) is 3.74. The van der Waals surface area contributed by atoms with Crippen LogP contribution in [0.1, 0.15) is 16.7 Å². The lowest BCUT2D eigenvalue weighted by Crippen LogP contribution is -2.11. The van der Waals surface area contributed by atoms with Crippen LogP contribution in [0.5, 0.6) is 0 Å². The average molecular weight is 937 g/mol. The summed E-state index contributed by atoms with van der Waals surface area (Å²) in [6.07, 6.45) is 0. The number of aryl methyl sites for hydroxylation is 3. The molecule has 0 aliphatic rings. The molecule has 13 rings (SSSR count). The van der Waals surface area contributed by atoms with Gasteiger partial charge in [-0.1, -0.05) is 133 Å². The van der Waals surface area contributed by atoms with Crippen LogP contribution in [-0.2, 0) is 0 Å². The second-order valence-corrected chi connectivity index (χ2v) is 19.4. The zero-order valence-corrected chi connectivity index (χ0v) is 41.1. The van der Waals surface area contributed by atoms with Crippen molar-refractivity contribution in [3.05, 3.63) is 278 Å². The second-order valence-electron chi connectivity index (χ2n) is 19.4. The topological polar surface area (TPSA) is 14.7 Å². The summed E-state index contributed by atoms with van der Waals surface area (Å²) < 4.78 is 2.45. The van der Waals surface area contributed by atoms with E-state index >= 15 is 0 Å². The van der Waals surface area contributed by atoms with Crippen LogP contribution in [0, 0.1) is 20.8 Å². The van der Waals surface area contributed by atoms with Crippen LogP contribution in [-0.4, -0.2) is 4.57 Å². The van der Waals surface area contributed by atoms with Crippen LogP contribution in [0.2, 0.25) is 0 Å². The Morgan fingerprint density at radius 1 is 0.233 bits per heavy atom. The standard InChI is InChI=1S/C69H52N4/c1-47-14-10-23-56(38-47)70(61-31-28-50-17-4-7-20-53(50)41-61)59-26-13-27-60(44-59)73-68-36-34-64(71(57-24-11-15-48(2)39-57)62-32-29-51-18-5-8-21-54(51)42-62)45-66(68)67-46-65(35-37-69(67)73)72(58-25-12-16-49(3)40-58)63-33-30-52-19-6-9-22-55(52)43-63/h4-46H,1-3H3. The van der Waals surface area contributed by atoms with Gasteiger partial charge in [-0.2, -0.15) is 0 Å². The lowest BCUT2D eigenvalue weighted by Gasteiger charge is -2.27. The SMILES string of the molecule is Cc1cccc(N(c2cccc(-n3c4ccc(N(c5cccc(C)c5)c5ccc6ccccc6c5)cc4c4cc(N(c5cccc(C)c5)c5ccc6ccccc6c5)ccc43)c2)c2ccc3ccccc3c2)c1. The number of hydrogen-bond acceptors (Lipinski definition) is 3. The summed E-state index contributed by atoms with van der Waals surface area (Å²) in [5.41, 5.74) is 16.8. The molecular formula is C69H52N4. The van der Waals surface area contributed by atoms with Crippen LogP contribution in [0.15, 0.2) is 261 Å². The van der Waals surface area contributed by atoms with Gasteiger partial charge in [-0.05, 0) is 197 Å². The monoisotopic (exact) mass is 936 g/mol. The van der Waals surface area contributed by atoms with Crippen LogP contribution >= 0.6 is 0 Å². The van der Waals surface area contributed by atoms with Gasteiger partial charge in [0.1, 0.15) is 0 Å². The van der Waals surface area contributed by atoms with E-state index in [1.54, 1.807) is 0 Å². The molecule has 4 nitrogen and oxygen atoms in total. The molecule has 0 spiro atoms. The summed E-state index contributed by atoms with van der Waals surface area (Å²) in [5, 5.41) is 9.58. The van der Waals surface area contributed by atoms with E-state index in [-0.39, 0.29) is 0 Å². The molecule has 1 aromatic heterocycles. The Balaban J connectivity index is 1.05. The van der Waals surface area contributed by atoms with Crippen molar-refractivity contribution in [3.63, 3.8) is 0 Å². The van der Waals surface area contributed by atoms with Crippen LogP contribution in [0.3, 0.4) is 0 Å². The van der Waals surface area contributed by atoms with Gasteiger partial charge in [0.15, 0.2) is 0 Å². The molecule has 4 heteroatoms. The maximum absolute atomic E-state index is 2.45. The van der Waals surface area contributed by atoms with E-state index in [0.29, 0.717) is 0 Å². The smallest absolute Gasteiger partial charge is 0.0542 e. The molecule has 0 saturated heterocycles. The van der Waals surface area contributed by atoms with Gasteiger partial charge in [-0.15, -0.1) is 0 Å². The van der Waals surface area contributed by atoms with Gasteiger partial charge in [0.2, 0.25) is 0 Å². The highest BCUT2D eigenvalue weighted by atomic mass is 15.2. The highest BCUT2D eigenvalue weighted by molar-refractivity contribution is 6.12. The van der Waals surface area contributed by atoms with E-state index in [0.717, 1.165) is 78.7 Å². The van der Waals surface area contributed by atoms with E-state index in [1.807, 2.05) is 0 Å². The first-order valence-electron chi connectivity index (χ1n) is 25.1. The zero-order valence-electron chi connectivity index (χ0n) is 41.1. The van der Waals surface area contributed by atoms with Crippen molar-refractivity contribution < 1.29 is 0 Å². The fraction of sp³-hybridized carbons (Fsp3) is 0.0435. The van der Waals surface area contributed by atoms with E-state index in [4.69, 9.17) is 0 Å². The number of hydrogen-bond donors (Lipinski definition) is 0. The zero-order chi connectivity index (χ0) is 49.0. The molecule has 0 radical (unpaired) electrons. The Morgan fingerprint density at radius 2 is 0.534 bits per heavy atom. The Labute approximate surface area is 426 Å². The molecule has 0 aliphatic carbocycles. The Kier molecular flexibility index (Phi) is 10.8. The van der Waals surface area contributed by atoms with Gasteiger partial charge in [0.25, 0.3) is 0 Å². The largest absolute Gasteiger partial charge is 0.310 e. The molecule has 12 aromatic carbocycles. The van der Waals surface area contributed by atoms with Crippen molar-refractivity contribution in [1.29, 1.82) is 0 Å². The first kappa shape index (κ1) is 43.6. The lowest BCUT2D eigenvalue weighted by atomic mass is 10.1. The summed E-state index contributed by atoms with van der Waals surface area (Å²) in [6, 6.07) is 95.8. The minimum Gasteiger partial charge on any atom is -0.310 e. The first-order valence-corrected chi connectivity index (χ1v) is 25.1.